The predicted octanol–water partition coefficient (Wildman–Crippen LogP) is 3.08. The van der Waals surface area contributed by atoms with Gasteiger partial charge in [0.15, 0.2) is 0 Å². The molecule has 1 aliphatic rings. The van der Waals surface area contributed by atoms with Crippen LogP contribution >= 0.6 is 23.2 Å². The summed E-state index contributed by atoms with van der Waals surface area (Å²) in [5.74, 6) is 0. The van der Waals surface area contributed by atoms with E-state index in [4.69, 9.17) is 27.9 Å². The van der Waals surface area contributed by atoms with E-state index < -0.39 is 11.1 Å². The Morgan fingerprint density at radius 1 is 1.05 bits per heavy atom. The molecule has 1 aromatic rings. The molecule has 112 valence electrons. The molecule has 1 saturated heterocycles. The second-order valence-corrected chi connectivity index (χ2v) is 6.90. The topological polar surface area (TPSA) is 74.2 Å². The Labute approximate surface area is 128 Å². The van der Waals surface area contributed by atoms with Crippen molar-refractivity contribution >= 4 is 23.2 Å². The van der Waals surface area contributed by atoms with Crippen molar-refractivity contribution in [1.29, 1.82) is 0 Å². The third kappa shape index (κ3) is 3.31. The van der Waals surface area contributed by atoms with E-state index in [1.54, 1.807) is 0 Å². The maximum Gasteiger partial charge on any atom is 0.322 e. The van der Waals surface area contributed by atoms with Gasteiger partial charge in [0.05, 0.1) is 0 Å². The Balaban J connectivity index is 2.18. The van der Waals surface area contributed by atoms with Gasteiger partial charge in [0.2, 0.25) is 10.6 Å². The van der Waals surface area contributed by atoms with Crippen LogP contribution in [0, 0.1) is 5.21 Å². The van der Waals surface area contributed by atoms with Gasteiger partial charge in [-0.25, -0.2) is 0 Å². The Bertz CT molecular complexity index is 472. The summed E-state index contributed by atoms with van der Waals surface area (Å²) in [5.41, 5.74) is -1.04. The van der Waals surface area contributed by atoms with Crippen molar-refractivity contribution < 1.29 is 4.74 Å². The lowest BCUT2D eigenvalue weighted by Gasteiger charge is -2.59. The van der Waals surface area contributed by atoms with Crippen LogP contribution in [-0.4, -0.2) is 37.2 Å². The van der Waals surface area contributed by atoms with Gasteiger partial charge >= 0.3 is 6.01 Å². The second kappa shape index (κ2) is 5.26. The van der Waals surface area contributed by atoms with E-state index in [1.165, 1.54) is 0 Å². The fraction of sp³-hybridized carbons (Fsp3) is 0.750. The van der Waals surface area contributed by atoms with Gasteiger partial charge in [0.1, 0.15) is 6.10 Å². The molecule has 0 unspecified atom stereocenters. The van der Waals surface area contributed by atoms with Crippen molar-refractivity contribution in [3.05, 3.63) is 15.8 Å². The Morgan fingerprint density at radius 2 is 1.50 bits per heavy atom. The van der Waals surface area contributed by atoms with Gasteiger partial charge in [-0.15, -0.1) is 0 Å². The summed E-state index contributed by atoms with van der Waals surface area (Å²) in [6.07, 6.45) is 0.960. The summed E-state index contributed by atoms with van der Waals surface area (Å²) in [6, 6.07) is 0.0888. The molecule has 0 bridgehead atoms. The summed E-state index contributed by atoms with van der Waals surface area (Å²) >= 11 is 11.4. The summed E-state index contributed by atoms with van der Waals surface area (Å²) in [7, 11) is 0. The minimum absolute atomic E-state index is 0.0141. The molecule has 1 fully saturated rings. The van der Waals surface area contributed by atoms with E-state index in [2.05, 4.69) is 15.0 Å². The molecule has 20 heavy (non-hydrogen) atoms. The molecule has 0 N–H and O–H groups in total. The molecule has 2 heterocycles. The maximum atomic E-state index is 12.3. The lowest BCUT2D eigenvalue weighted by Crippen LogP contribution is -2.59. The quantitative estimate of drug-likeness (QED) is 0.833. The van der Waals surface area contributed by atoms with E-state index >= 15 is 0 Å². The highest BCUT2D eigenvalue weighted by Gasteiger charge is 2.41. The number of aromatic nitrogens is 3. The Hall–Kier alpha value is -0.690. The van der Waals surface area contributed by atoms with Gasteiger partial charge in [-0.2, -0.15) is 15.0 Å². The molecule has 1 aromatic heterocycles. The van der Waals surface area contributed by atoms with Gasteiger partial charge in [-0.05, 0) is 50.9 Å². The zero-order valence-electron chi connectivity index (χ0n) is 11.9. The molecule has 0 radical (unpaired) electrons. The van der Waals surface area contributed by atoms with Crippen LogP contribution in [0.2, 0.25) is 10.6 Å². The van der Waals surface area contributed by atoms with E-state index in [0.717, 1.165) is 5.06 Å². The molecule has 0 aromatic carbocycles. The second-order valence-electron chi connectivity index (χ2n) is 6.22. The third-order valence-corrected chi connectivity index (χ3v) is 3.72. The van der Waals surface area contributed by atoms with Crippen molar-refractivity contribution in [3.63, 3.8) is 0 Å². The maximum absolute atomic E-state index is 12.3. The van der Waals surface area contributed by atoms with Crippen LogP contribution in [0.1, 0.15) is 40.5 Å². The van der Waals surface area contributed by atoms with Gasteiger partial charge in [-0.3, -0.25) is 0 Å². The number of hydroxylamine groups is 2. The summed E-state index contributed by atoms with van der Waals surface area (Å²) in [5, 5.41) is 13.4. The lowest BCUT2D eigenvalue weighted by molar-refractivity contribution is -0.0432. The van der Waals surface area contributed by atoms with Crippen LogP contribution in [0.25, 0.3) is 0 Å². The fourth-order valence-electron chi connectivity index (χ4n) is 2.77. The number of rotatable bonds is 2. The highest BCUT2D eigenvalue weighted by molar-refractivity contribution is 6.31. The first-order chi connectivity index (χ1) is 9.10. The van der Waals surface area contributed by atoms with E-state index in [0.29, 0.717) is 12.8 Å². The van der Waals surface area contributed by atoms with Crippen LogP contribution in [0.15, 0.2) is 0 Å². The molecule has 1 aliphatic heterocycles. The first-order valence-corrected chi connectivity index (χ1v) is 7.07. The number of piperidine rings is 1. The predicted molar refractivity (Wildman–Crippen MR) is 76.9 cm³/mol. The molecule has 2 rings (SSSR count). The average Bonchev–Trinajstić information content (AvgIpc) is 2.23. The molecule has 6 nitrogen and oxygen atoms in total. The van der Waals surface area contributed by atoms with Crippen molar-refractivity contribution in [2.24, 2.45) is 0 Å². The largest absolute Gasteiger partial charge is 0.784 e. The molecular weight excluding hydrogens is 303 g/mol. The normalized spacial score (nSPS) is 22.8. The standard InChI is InChI=1S/C12H17Cl2N4O2/c1-11(2)5-7(6-12(3,4)18(11)19)20-10-16-8(13)15-9(14)17-10/h7H,5-6H2,1-4H3/q-1. The minimum Gasteiger partial charge on any atom is -0.784 e. The molecule has 0 spiro atoms. The van der Waals surface area contributed by atoms with Crippen molar-refractivity contribution in [1.82, 2.24) is 20.0 Å². The van der Waals surface area contributed by atoms with E-state index in [9.17, 15) is 5.21 Å². The first kappa shape index (κ1) is 15.7. The molecule has 0 aliphatic carbocycles. The lowest BCUT2D eigenvalue weighted by atomic mass is 9.80. The van der Waals surface area contributed by atoms with E-state index in [1.807, 2.05) is 27.7 Å². The van der Waals surface area contributed by atoms with Crippen LogP contribution in [0.3, 0.4) is 0 Å². The van der Waals surface area contributed by atoms with Gasteiger partial charge in [0.25, 0.3) is 0 Å². The highest BCUT2D eigenvalue weighted by Crippen LogP contribution is 2.38. The van der Waals surface area contributed by atoms with Crippen molar-refractivity contribution in [3.8, 4) is 6.01 Å². The fourth-order valence-corrected chi connectivity index (χ4v) is 3.11. The SMILES string of the molecule is CC1(C)CC(Oc2nc(Cl)nc(Cl)n2)CC(C)(C)N1[O-]. The van der Waals surface area contributed by atoms with Crippen LogP contribution in [-0.2, 0) is 0 Å². The number of halogens is 2. The van der Waals surface area contributed by atoms with Gasteiger partial charge in [0, 0.05) is 23.9 Å². The molecule has 8 heteroatoms. The summed E-state index contributed by atoms with van der Waals surface area (Å²) in [4.78, 5) is 11.4. The zero-order valence-corrected chi connectivity index (χ0v) is 13.4. The zero-order chi connectivity index (χ0) is 15.1. The van der Waals surface area contributed by atoms with Crippen LogP contribution in [0.4, 0.5) is 0 Å². The number of nitrogens with zero attached hydrogens (tertiary/aromatic N) is 4. The molecule has 0 atom stereocenters. The van der Waals surface area contributed by atoms with E-state index in [-0.39, 0.29) is 22.7 Å². The highest BCUT2D eigenvalue weighted by atomic mass is 35.5. The summed E-state index contributed by atoms with van der Waals surface area (Å²) in [6.45, 7) is 7.57. The van der Waals surface area contributed by atoms with Gasteiger partial charge in [-0.1, -0.05) is 0 Å². The van der Waals surface area contributed by atoms with Gasteiger partial charge < -0.3 is 15.0 Å². The molecular formula is C12H17Cl2N4O2-. The smallest absolute Gasteiger partial charge is 0.322 e. The Morgan fingerprint density at radius 3 is 1.95 bits per heavy atom. The van der Waals surface area contributed by atoms with Crippen molar-refractivity contribution in [2.45, 2.75) is 57.7 Å². The van der Waals surface area contributed by atoms with Crippen LogP contribution in [0.5, 0.6) is 6.01 Å². The Kier molecular flexibility index (Phi) is 4.12. The summed E-state index contributed by atoms with van der Waals surface area (Å²) < 4.78 is 5.74. The minimum atomic E-state index is -0.521. The number of hydrogen-bond donors (Lipinski definition) is 0. The van der Waals surface area contributed by atoms with Crippen LogP contribution < -0.4 is 4.74 Å². The monoisotopic (exact) mass is 319 g/mol. The molecule has 0 saturated carbocycles. The number of hydrogen-bond acceptors (Lipinski definition) is 6. The first-order valence-electron chi connectivity index (χ1n) is 6.31. The molecule has 0 amide bonds. The number of ether oxygens (including phenoxy) is 1. The third-order valence-electron chi connectivity index (χ3n) is 3.39. The average molecular weight is 320 g/mol. The van der Waals surface area contributed by atoms with Crippen molar-refractivity contribution in [2.75, 3.05) is 0 Å².